The third-order valence-electron chi connectivity index (χ3n) is 2.05. The van der Waals surface area contributed by atoms with Gasteiger partial charge in [0.05, 0.1) is 14.5 Å². The van der Waals surface area contributed by atoms with E-state index in [-0.39, 0.29) is 11.5 Å². The summed E-state index contributed by atoms with van der Waals surface area (Å²) in [5.41, 5.74) is 0.575. The average molecular weight is 384 g/mol. The fraction of sp³-hybridized carbons (Fsp3) is 0.267. The molecule has 2 atom stereocenters. The Bertz CT molecular complexity index is 578. The van der Waals surface area contributed by atoms with Gasteiger partial charge >= 0.3 is 7.45 Å². The van der Waals surface area contributed by atoms with Crippen molar-refractivity contribution in [3.8, 4) is 0 Å². The molecule has 23 heavy (non-hydrogen) atoms. The highest BCUT2D eigenvalue weighted by atomic mass is 32.6. The standard InChI is InChI=1S/C8H12O.C7H6F3N.H2P2S/c1-4-5-7(2)6-8(3)9;1-5-4-6(2-3-11-5)7(8,9)10;1-2-3/h4-6H,1-3H3;2-4,11H,1H2;1H2/p+1/i/hT. The minimum atomic E-state index is -4.28. The summed E-state index contributed by atoms with van der Waals surface area (Å²) in [6.45, 7) is 7.85. The van der Waals surface area contributed by atoms with Crippen molar-refractivity contribution in [2.24, 2.45) is 0 Å². The lowest BCUT2D eigenvalue weighted by molar-refractivity contribution is -0.112. The van der Waals surface area contributed by atoms with Crippen molar-refractivity contribution in [1.29, 1.82) is 1.28 Å². The number of halogens is 3. The topological polar surface area (TPSA) is 29.1 Å². The second-order valence-corrected chi connectivity index (χ2v) is 6.95. The molecule has 0 aliphatic carbocycles. The van der Waals surface area contributed by atoms with Gasteiger partial charge < -0.3 is 5.32 Å². The molecule has 0 fully saturated rings. The highest BCUT2D eigenvalue weighted by Crippen LogP contribution is 2.28. The average Bonchev–Trinajstić information content (AvgIpc) is 2.37. The summed E-state index contributed by atoms with van der Waals surface area (Å²) in [6, 6.07) is 0. The first-order valence-corrected chi connectivity index (χ1v) is 9.86. The molecular formula is C15H21F3NOP2S+. The van der Waals surface area contributed by atoms with Crippen LogP contribution in [0.1, 0.15) is 20.8 Å². The lowest BCUT2D eigenvalue weighted by Crippen LogP contribution is -2.16. The number of dihydropyridines is 1. The van der Waals surface area contributed by atoms with E-state index in [1.54, 1.807) is 13.0 Å². The van der Waals surface area contributed by atoms with Crippen molar-refractivity contribution in [3.63, 3.8) is 0 Å². The Labute approximate surface area is 145 Å². The normalized spacial score (nSPS) is 15.3. The number of rotatable bonds is 2. The maximum absolute atomic E-state index is 11.9. The van der Waals surface area contributed by atoms with Gasteiger partial charge in [-0.3, -0.25) is 4.79 Å². The zero-order valence-corrected chi connectivity index (χ0v) is 16.0. The first-order chi connectivity index (χ1) is 10.9. The van der Waals surface area contributed by atoms with Crippen LogP contribution in [0.5, 0.6) is 0 Å². The Morgan fingerprint density at radius 3 is 2.35 bits per heavy atom. The summed E-state index contributed by atoms with van der Waals surface area (Å²) in [7, 11) is 2.20. The quantitative estimate of drug-likeness (QED) is 0.407. The van der Waals surface area contributed by atoms with Crippen molar-refractivity contribution in [3.05, 3.63) is 60.0 Å². The molecule has 1 aliphatic rings. The van der Waals surface area contributed by atoms with E-state index in [0.717, 1.165) is 17.7 Å². The minimum absolute atomic E-state index is 0.102. The van der Waals surface area contributed by atoms with Crippen molar-refractivity contribution < 1.29 is 18.0 Å². The molecule has 1 rings (SSSR count). The maximum atomic E-state index is 11.9. The van der Waals surface area contributed by atoms with Crippen LogP contribution in [-0.4, -0.2) is 13.2 Å². The van der Waals surface area contributed by atoms with E-state index in [9.17, 15) is 18.0 Å². The second-order valence-electron chi connectivity index (χ2n) is 4.20. The Morgan fingerprint density at radius 2 is 2.04 bits per heavy atom. The number of hydrogen-bond acceptors (Lipinski definition) is 3. The molecular weight excluding hydrogens is 361 g/mol. The van der Waals surface area contributed by atoms with Crippen LogP contribution in [0.15, 0.2) is 60.0 Å². The predicted octanol–water partition coefficient (Wildman–Crippen LogP) is 5.12. The molecule has 128 valence electrons. The fourth-order valence-electron chi connectivity index (χ4n) is 1.32. The number of alkyl halides is 3. The Kier molecular flexibility index (Phi) is 12.7. The van der Waals surface area contributed by atoms with E-state index in [1.807, 2.05) is 26.0 Å². The minimum Gasteiger partial charge on any atom is -0.362 e. The highest BCUT2D eigenvalue weighted by Gasteiger charge is 2.32. The van der Waals surface area contributed by atoms with Crippen molar-refractivity contribution in [2.75, 3.05) is 0 Å². The van der Waals surface area contributed by atoms with Crippen LogP contribution in [0.2, 0.25) is 0 Å². The van der Waals surface area contributed by atoms with Crippen LogP contribution in [0, 0.1) is 0 Å². The summed E-state index contributed by atoms with van der Waals surface area (Å²) in [5.74, 6) is 0.102. The molecule has 1 aliphatic heterocycles. The summed E-state index contributed by atoms with van der Waals surface area (Å²) < 4.78 is 42.2. The van der Waals surface area contributed by atoms with Crippen LogP contribution in [0.3, 0.4) is 0 Å². The number of carbonyl (C=O) groups excluding carboxylic acids is 1. The lowest BCUT2D eigenvalue weighted by Gasteiger charge is -2.12. The van der Waals surface area contributed by atoms with Gasteiger partial charge in [0, 0.05) is 11.9 Å². The van der Waals surface area contributed by atoms with Gasteiger partial charge in [-0.05, 0) is 44.6 Å². The van der Waals surface area contributed by atoms with Crippen molar-refractivity contribution >= 4 is 33.5 Å². The van der Waals surface area contributed by atoms with E-state index in [4.69, 9.17) is 1.28 Å². The summed E-state index contributed by atoms with van der Waals surface area (Å²) in [4.78, 5) is 10.4. The second kappa shape index (κ2) is 13.4. The first-order valence-electron chi connectivity index (χ1n) is 6.78. The molecule has 2 unspecified atom stereocenters. The van der Waals surface area contributed by atoms with E-state index >= 15 is 0 Å². The van der Waals surface area contributed by atoms with Crippen LogP contribution in [0.4, 0.5) is 13.2 Å². The monoisotopic (exact) mass is 384 g/mol. The van der Waals surface area contributed by atoms with Crippen LogP contribution in [0.25, 0.3) is 0 Å². The van der Waals surface area contributed by atoms with E-state index < -0.39 is 18.7 Å². The van der Waals surface area contributed by atoms with E-state index in [1.165, 1.54) is 6.20 Å². The molecule has 1 N–H and O–H groups in total. The number of hydrogen-bond donors (Lipinski definition) is 1. The van der Waals surface area contributed by atoms with Crippen molar-refractivity contribution in [1.82, 2.24) is 5.32 Å². The van der Waals surface area contributed by atoms with Gasteiger partial charge in [0.2, 0.25) is 0 Å². The molecule has 0 saturated heterocycles. The maximum Gasteiger partial charge on any atom is 0.416 e. The number of nitrogens with one attached hydrogen (secondary N) is 1. The largest absolute Gasteiger partial charge is 0.416 e. The van der Waals surface area contributed by atoms with Gasteiger partial charge in [-0.2, -0.15) is 13.2 Å². The van der Waals surface area contributed by atoms with Gasteiger partial charge in [-0.25, -0.2) is 0 Å². The fourth-order valence-corrected chi connectivity index (χ4v) is 1.32. The molecule has 0 aromatic heterocycles. The Hall–Kier alpha value is -1.09. The van der Waals surface area contributed by atoms with Crippen LogP contribution < -0.4 is 5.32 Å². The highest BCUT2D eigenvalue weighted by molar-refractivity contribution is 8.24. The third kappa shape index (κ3) is 15.6. The predicted molar refractivity (Wildman–Crippen MR) is 100 cm³/mol. The first kappa shape index (κ1) is 21.9. The molecule has 2 nitrogen and oxygen atoms in total. The summed E-state index contributed by atoms with van der Waals surface area (Å²) in [5, 5.41) is 2.53. The molecule has 0 radical (unpaired) electrons. The molecule has 0 bridgehead atoms. The summed E-state index contributed by atoms with van der Waals surface area (Å²) in [6.07, 6.45) is 4.29. The number of carbonyl (C=O) groups is 1. The Balaban J connectivity index is 0. The van der Waals surface area contributed by atoms with E-state index in [2.05, 4.69) is 32.6 Å². The van der Waals surface area contributed by atoms with E-state index in [0.29, 0.717) is 0 Å². The van der Waals surface area contributed by atoms with Gasteiger partial charge in [0.15, 0.2) is 24.6 Å². The SMILES string of the molecule is C=C1C=C(C(F)(F)F)C=CN1.CC=CC(C)=CC(C)=O.[3H][P+](P)=S. The number of allylic oxidation sites excluding steroid dienone is 7. The number of ketones is 1. The molecule has 8 heteroatoms. The zero-order chi connectivity index (χ0) is 19.3. The van der Waals surface area contributed by atoms with Gasteiger partial charge in [0.1, 0.15) is 0 Å². The van der Waals surface area contributed by atoms with Gasteiger partial charge in [0.25, 0.3) is 0 Å². The van der Waals surface area contributed by atoms with Crippen LogP contribution >= 0.6 is 15.9 Å². The molecule has 1 heterocycles. The molecule has 0 spiro atoms. The van der Waals surface area contributed by atoms with Gasteiger partial charge in [-0.1, -0.05) is 18.7 Å². The smallest absolute Gasteiger partial charge is 0.362 e. The van der Waals surface area contributed by atoms with Crippen molar-refractivity contribution in [2.45, 2.75) is 26.9 Å². The lowest BCUT2D eigenvalue weighted by atomic mass is 10.2. The molecule has 0 saturated carbocycles. The summed E-state index contributed by atoms with van der Waals surface area (Å²) >= 11 is 4.31. The van der Waals surface area contributed by atoms with Gasteiger partial charge in [-0.15, -0.1) is 0 Å². The van der Waals surface area contributed by atoms with Crippen LogP contribution in [-0.2, 0) is 16.6 Å². The third-order valence-corrected chi connectivity index (χ3v) is 2.05. The molecule has 0 aromatic carbocycles. The molecule has 0 amide bonds. The Morgan fingerprint density at radius 1 is 1.52 bits per heavy atom. The zero-order valence-electron chi connectivity index (χ0n) is 14.1. The molecule has 0 aromatic rings.